The molecule has 0 aromatic heterocycles. The minimum atomic E-state index is 0.314. The van der Waals surface area contributed by atoms with Gasteiger partial charge in [0.1, 0.15) is 11.5 Å². The van der Waals surface area contributed by atoms with Gasteiger partial charge in [-0.3, -0.25) is 4.90 Å². The van der Waals surface area contributed by atoms with Gasteiger partial charge in [-0.15, -0.1) is 0 Å². The molecular weight excluding hydrogens is 372 g/mol. The molecule has 2 atom stereocenters. The molecule has 0 saturated carbocycles. The zero-order valence-electron chi connectivity index (χ0n) is 17.9. The number of rotatable bonds is 6. The molecule has 1 N–H and O–H groups in total. The lowest BCUT2D eigenvalue weighted by Crippen LogP contribution is -2.34. The number of phenolic OH excluding ortho intramolecular Hbond substituents is 1. The quantitative estimate of drug-likeness (QED) is 0.690. The summed E-state index contributed by atoms with van der Waals surface area (Å²) in [6, 6.07) is 15.0. The lowest BCUT2D eigenvalue weighted by atomic mass is 9.81. The van der Waals surface area contributed by atoms with E-state index >= 15 is 0 Å². The van der Waals surface area contributed by atoms with E-state index in [-0.39, 0.29) is 0 Å². The molecule has 0 radical (unpaired) electrons. The van der Waals surface area contributed by atoms with Gasteiger partial charge in [-0.2, -0.15) is 0 Å². The minimum Gasteiger partial charge on any atom is -0.508 e. The van der Waals surface area contributed by atoms with Crippen LogP contribution in [0.25, 0.3) is 0 Å². The average Bonchev–Trinajstić information content (AvgIpc) is 3.26. The second-order valence-electron chi connectivity index (χ2n) is 9.20. The first-order valence-corrected chi connectivity index (χ1v) is 11.8. The van der Waals surface area contributed by atoms with Gasteiger partial charge in [-0.1, -0.05) is 24.6 Å². The maximum Gasteiger partial charge on any atom is 0.119 e. The van der Waals surface area contributed by atoms with Gasteiger partial charge < -0.3 is 14.7 Å². The highest BCUT2D eigenvalue weighted by Crippen LogP contribution is 2.45. The molecule has 2 fully saturated rings. The summed E-state index contributed by atoms with van der Waals surface area (Å²) in [7, 11) is 0. The monoisotopic (exact) mass is 406 g/mol. The fraction of sp³-hybridized carbons (Fsp3) is 0.538. The van der Waals surface area contributed by atoms with E-state index in [0.29, 0.717) is 17.7 Å². The Balaban J connectivity index is 1.30. The molecule has 4 heteroatoms. The number of nitrogens with zero attached hydrogens (tertiary/aromatic N) is 2. The van der Waals surface area contributed by atoms with Crippen LogP contribution >= 0.6 is 0 Å². The molecule has 2 aromatic carbocycles. The number of phenols is 1. The van der Waals surface area contributed by atoms with E-state index in [9.17, 15) is 5.11 Å². The van der Waals surface area contributed by atoms with Crippen molar-refractivity contribution in [2.24, 2.45) is 0 Å². The molecule has 3 heterocycles. The van der Waals surface area contributed by atoms with Crippen LogP contribution in [-0.4, -0.2) is 54.2 Å². The van der Waals surface area contributed by atoms with Crippen molar-refractivity contribution in [2.75, 3.05) is 39.3 Å². The Morgan fingerprint density at radius 2 is 1.83 bits per heavy atom. The van der Waals surface area contributed by atoms with Crippen molar-refractivity contribution >= 4 is 0 Å². The molecule has 160 valence electrons. The van der Waals surface area contributed by atoms with Crippen LogP contribution in [0.15, 0.2) is 42.5 Å². The van der Waals surface area contributed by atoms with Crippen molar-refractivity contribution in [3.8, 4) is 11.5 Å². The second kappa shape index (κ2) is 8.99. The number of hydrogen-bond donors (Lipinski definition) is 1. The number of benzene rings is 2. The Hall–Kier alpha value is -2.04. The van der Waals surface area contributed by atoms with Crippen molar-refractivity contribution < 1.29 is 9.84 Å². The highest BCUT2D eigenvalue weighted by Gasteiger charge is 2.36. The van der Waals surface area contributed by atoms with E-state index in [1.165, 1.54) is 68.4 Å². The standard InChI is InChI=1S/C26H34N2O2/c29-21-8-4-7-20(17-21)25-19-28-15-5-9-26(28)24-18-22(10-11-23(24)25)30-16-6-14-27-12-2-1-3-13-27/h4,7-8,10-11,17-18,25-26,29H,1-3,5-6,9,12-16,19H2/t25-,26-/m0/s1. The third-order valence-corrected chi connectivity index (χ3v) is 7.18. The molecule has 0 bridgehead atoms. The summed E-state index contributed by atoms with van der Waals surface area (Å²) in [5, 5.41) is 10.0. The van der Waals surface area contributed by atoms with Crippen LogP contribution in [0, 0.1) is 0 Å². The van der Waals surface area contributed by atoms with E-state index in [0.717, 1.165) is 31.9 Å². The van der Waals surface area contributed by atoms with Crippen molar-refractivity contribution in [1.82, 2.24) is 9.80 Å². The number of likely N-dealkylation sites (tertiary alicyclic amines) is 1. The first-order chi connectivity index (χ1) is 14.8. The molecule has 2 saturated heterocycles. The predicted octanol–water partition coefficient (Wildman–Crippen LogP) is 4.93. The summed E-state index contributed by atoms with van der Waals surface area (Å²) in [5.41, 5.74) is 4.04. The fourth-order valence-electron chi connectivity index (χ4n) is 5.67. The summed E-state index contributed by atoms with van der Waals surface area (Å²) < 4.78 is 6.19. The van der Waals surface area contributed by atoms with Gasteiger partial charge in [-0.05, 0) is 92.7 Å². The van der Waals surface area contributed by atoms with Gasteiger partial charge in [0.25, 0.3) is 0 Å². The minimum absolute atomic E-state index is 0.314. The van der Waals surface area contributed by atoms with Gasteiger partial charge >= 0.3 is 0 Å². The van der Waals surface area contributed by atoms with E-state index in [4.69, 9.17) is 4.74 Å². The second-order valence-corrected chi connectivity index (χ2v) is 9.20. The van der Waals surface area contributed by atoms with Gasteiger partial charge in [0.05, 0.1) is 6.61 Å². The van der Waals surface area contributed by atoms with Crippen LogP contribution in [0.2, 0.25) is 0 Å². The number of hydrogen-bond acceptors (Lipinski definition) is 4. The molecule has 0 spiro atoms. The molecule has 2 aromatic rings. The van der Waals surface area contributed by atoms with Crippen molar-refractivity contribution in [1.29, 1.82) is 0 Å². The first-order valence-electron chi connectivity index (χ1n) is 11.8. The topological polar surface area (TPSA) is 35.9 Å². The summed E-state index contributed by atoms with van der Waals surface area (Å²) >= 11 is 0. The molecule has 0 unspecified atom stereocenters. The lowest BCUT2D eigenvalue weighted by molar-refractivity contribution is 0.204. The Morgan fingerprint density at radius 1 is 0.933 bits per heavy atom. The highest BCUT2D eigenvalue weighted by molar-refractivity contribution is 5.47. The van der Waals surface area contributed by atoms with Crippen molar-refractivity contribution in [3.05, 3.63) is 59.2 Å². The SMILES string of the molecule is Oc1cccc([C@@H]2CN3CCC[C@H]3c3cc(OCCCN4CCCCC4)ccc32)c1. The van der Waals surface area contributed by atoms with Gasteiger partial charge in [-0.25, -0.2) is 0 Å². The van der Waals surface area contributed by atoms with Crippen LogP contribution in [-0.2, 0) is 0 Å². The van der Waals surface area contributed by atoms with E-state index in [2.05, 4.69) is 34.1 Å². The van der Waals surface area contributed by atoms with E-state index in [1.807, 2.05) is 12.1 Å². The van der Waals surface area contributed by atoms with Gasteiger partial charge in [0.2, 0.25) is 0 Å². The predicted molar refractivity (Wildman–Crippen MR) is 120 cm³/mol. The highest BCUT2D eigenvalue weighted by atomic mass is 16.5. The van der Waals surface area contributed by atoms with Crippen LogP contribution in [0.5, 0.6) is 11.5 Å². The zero-order valence-corrected chi connectivity index (χ0v) is 17.9. The fourth-order valence-corrected chi connectivity index (χ4v) is 5.67. The zero-order chi connectivity index (χ0) is 20.3. The Bertz CT molecular complexity index is 862. The molecule has 4 nitrogen and oxygen atoms in total. The number of fused-ring (bicyclic) bond motifs is 3. The number of aromatic hydroxyl groups is 1. The molecule has 3 aliphatic heterocycles. The number of ether oxygens (including phenoxy) is 1. The summed E-state index contributed by atoms with van der Waals surface area (Å²) in [6.07, 6.45) is 7.69. The van der Waals surface area contributed by atoms with Crippen LogP contribution < -0.4 is 4.74 Å². The van der Waals surface area contributed by atoms with Gasteiger partial charge in [0, 0.05) is 25.0 Å². The summed E-state index contributed by atoms with van der Waals surface area (Å²) in [4.78, 5) is 5.20. The maximum atomic E-state index is 10.0. The van der Waals surface area contributed by atoms with E-state index < -0.39 is 0 Å². The average molecular weight is 407 g/mol. The third kappa shape index (κ3) is 4.21. The van der Waals surface area contributed by atoms with Crippen LogP contribution in [0.4, 0.5) is 0 Å². The largest absolute Gasteiger partial charge is 0.508 e. The van der Waals surface area contributed by atoms with E-state index in [1.54, 1.807) is 6.07 Å². The smallest absolute Gasteiger partial charge is 0.119 e. The lowest BCUT2D eigenvalue weighted by Gasteiger charge is -2.37. The molecule has 3 aliphatic rings. The Morgan fingerprint density at radius 3 is 2.70 bits per heavy atom. The molecule has 0 amide bonds. The molecule has 5 rings (SSSR count). The van der Waals surface area contributed by atoms with Crippen LogP contribution in [0.3, 0.4) is 0 Å². The molecule has 30 heavy (non-hydrogen) atoms. The Labute approximate surface area is 180 Å². The maximum absolute atomic E-state index is 10.0. The van der Waals surface area contributed by atoms with Gasteiger partial charge in [0.15, 0.2) is 0 Å². The Kier molecular flexibility index (Phi) is 5.96. The normalized spacial score (nSPS) is 24.4. The number of piperidine rings is 1. The third-order valence-electron chi connectivity index (χ3n) is 7.18. The molecular formula is C26H34N2O2. The van der Waals surface area contributed by atoms with Crippen molar-refractivity contribution in [3.63, 3.8) is 0 Å². The molecule has 0 aliphatic carbocycles. The summed E-state index contributed by atoms with van der Waals surface area (Å²) in [6.45, 7) is 6.66. The first kappa shape index (κ1) is 19.9. The van der Waals surface area contributed by atoms with Crippen LogP contribution in [0.1, 0.15) is 67.2 Å². The van der Waals surface area contributed by atoms with Crippen molar-refractivity contribution in [2.45, 2.75) is 50.5 Å². The summed E-state index contributed by atoms with van der Waals surface area (Å²) in [5.74, 6) is 1.68.